The zero-order valence-electron chi connectivity index (χ0n) is 11.5. The summed E-state index contributed by atoms with van der Waals surface area (Å²) in [6, 6.07) is 11.8. The van der Waals surface area contributed by atoms with Gasteiger partial charge in [0.15, 0.2) is 0 Å². The van der Waals surface area contributed by atoms with Gasteiger partial charge in [0.1, 0.15) is 0 Å². The van der Waals surface area contributed by atoms with Crippen molar-refractivity contribution >= 4 is 5.97 Å². The first-order chi connectivity index (χ1) is 9.59. The fourth-order valence-corrected chi connectivity index (χ4v) is 2.67. The van der Waals surface area contributed by atoms with Gasteiger partial charge in [-0.2, -0.15) is 5.10 Å². The average molecular weight is 270 g/mol. The molecule has 1 aliphatic rings. The molecule has 1 fully saturated rings. The van der Waals surface area contributed by atoms with Crippen molar-refractivity contribution in [2.45, 2.75) is 26.2 Å². The summed E-state index contributed by atoms with van der Waals surface area (Å²) in [5, 5.41) is 14.0. The molecule has 104 valence electrons. The van der Waals surface area contributed by atoms with Crippen molar-refractivity contribution in [1.82, 2.24) is 9.78 Å². The lowest BCUT2D eigenvalue weighted by Crippen LogP contribution is -2.32. The molecule has 0 radical (unpaired) electrons. The molecule has 4 nitrogen and oxygen atoms in total. The molecule has 1 unspecified atom stereocenters. The Balaban J connectivity index is 1.82. The minimum Gasteiger partial charge on any atom is -0.481 e. The van der Waals surface area contributed by atoms with Crippen LogP contribution in [0.4, 0.5) is 0 Å². The Morgan fingerprint density at radius 1 is 1.35 bits per heavy atom. The van der Waals surface area contributed by atoms with Crippen molar-refractivity contribution in [3.8, 4) is 5.69 Å². The number of hydrogen-bond donors (Lipinski definition) is 1. The molecule has 2 aromatic rings. The summed E-state index contributed by atoms with van der Waals surface area (Å²) < 4.78 is 1.80. The van der Waals surface area contributed by atoms with Gasteiger partial charge in [0.2, 0.25) is 0 Å². The fourth-order valence-electron chi connectivity index (χ4n) is 2.67. The minimum atomic E-state index is -0.714. The van der Waals surface area contributed by atoms with Crippen LogP contribution in [-0.2, 0) is 11.2 Å². The van der Waals surface area contributed by atoms with Crippen LogP contribution < -0.4 is 0 Å². The van der Waals surface area contributed by atoms with Gasteiger partial charge in [-0.15, -0.1) is 0 Å². The number of aliphatic carboxylic acids is 1. The third-order valence-electron chi connectivity index (χ3n) is 4.18. The highest BCUT2D eigenvalue weighted by Gasteiger charge is 2.47. The van der Waals surface area contributed by atoms with E-state index in [-0.39, 0.29) is 0 Å². The second-order valence-corrected chi connectivity index (χ2v) is 5.76. The Labute approximate surface area is 118 Å². The van der Waals surface area contributed by atoms with E-state index in [0.29, 0.717) is 12.3 Å². The second-order valence-electron chi connectivity index (χ2n) is 5.76. The van der Waals surface area contributed by atoms with Gasteiger partial charge in [-0.1, -0.05) is 18.2 Å². The van der Waals surface area contributed by atoms with Crippen molar-refractivity contribution in [3.05, 3.63) is 48.3 Å². The average Bonchev–Trinajstić information content (AvgIpc) is 3.21. The van der Waals surface area contributed by atoms with Crippen LogP contribution in [0.15, 0.2) is 42.6 Å². The molecule has 0 amide bonds. The van der Waals surface area contributed by atoms with Gasteiger partial charge < -0.3 is 5.11 Å². The van der Waals surface area contributed by atoms with E-state index >= 15 is 0 Å². The maximum Gasteiger partial charge on any atom is 0.310 e. The molecule has 3 rings (SSSR count). The van der Waals surface area contributed by atoms with E-state index in [2.05, 4.69) is 5.10 Å². The quantitative estimate of drug-likeness (QED) is 0.908. The SMILES string of the molecule is CC(Cc1ccn(-c2ccccc2)n1)(C(=O)O)C1CC1. The number of rotatable bonds is 5. The van der Waals surface area contributed by atoms with Gasteiger partial charge in [0.25, 0.3) is 0 Å². The normalized spacial score (nSPS) is 17.6. The molecule has 0 spiro atoms. The molecular formula is C16H18N2O2. The molecule has 1 N–H and O–H groups in total. The summed E-state index contributed by atoms with van der Waals surface area (Å²) in [5.41, 5.74) is 1.14. The molecule has 0 saturated heterocycles. The summed E-state index contributed by atoms with van der Waals surface area (Å²) >= 11 is 0. The predicted molar refractivity (Wildman–Crippen MR) is 75.7 cm³/mol. The summed E-state index contributed by atoms with van der Waals surface area (Å²) in [7, 11) is 0. The maximum absolute atomic E-state index is 11.5. The Morgan fingerprint density at radius 2 is 2.05 bits per heavy atom. The van der Waals surface area contributed by atoms with E-state index in [1.165, 1.54) is 0 Å². The van der Waals surface area contributed by atoms with Gasteiger partial charge in [-0.25, -0.2) is 4.68 Å². The van der Waals surface area contributed by atoms with E-state index < -0.39 is 11.4 Å². The van der Waals surface area contributed by atoms with Crippen LogP contribution in [0, 0.1) is 11.3 Å². The molecule has 0 bridgehead atoms. The summed E-state index contributed by atoms with van der Waals surface area (Å²) in [5.74, 6) is -0.420. The van der Waals surface area contributed by atoms with Crippen LogP contribution in [0.3, 0.4) is 0 Å². The number of carboxylic acid groups (broad SMARTS) is 1. The smallest absolute Gasteiger partial charge is 0.310 e. The molecule has 1 heterocycles. The van der Waals surface area contributed by atoms with Crippen LogP contribution in [-0.4, -0.2) is 20.9 Å². The molecule has 1 aromatic heterocycles. The number of benzene rings is 1. The Hall–Kier alpha value is -2.10. The molecule has 1 aromatic carbocycles. The lowest BCUT2D eigenvalue weighted by Gasteiger charge is -2.23. The zero-order chi connectivity index (χ0) is 14.2. The second kappa shape index (κ2) is 4.78. The first kappa shape index (κ1) is 12.9. The van der Waals surface area contributed by atoms with E-state index in [4.69, 9.17) is 0 Å². The molecule has 1 atom stereocenters. The van der Waals surface area contributed by atoms with Crippen LogP contribution in [0.25, 0.3) is 5.69 Å². The fraction of sp³-hybridized carbons (Fsp3) is 0.375. The van der Waals surface area contributed by atoms with E-state index in [1.54, 1.807) is 4.68 Å². The summed E-state index contributed by atoms with van der Waals surface area (Å²) in [6.07, 6.45) is 4.41. The van der Waals surface area contributed by atoms with Gasteiger partial charge in [-0.3, -0.25) is 4.79 Å². The van der Waals surface area contributed by atoms with E-state index in [0.717, 1.165) is 24.2 Å². The molecule has 0 aliphatic heterocycles. The number of para-hydroxylation sites is 1. The van der Waals surface area contributed by atoms with Crippen molar-refractivity contribution in [2.75, 3.05) is 0 Å². The summed E-state index contributed by atoms with van der Waals surface area (Å²) in [6.45, 7) is 1.84. The van der Waals surface area contributed by atoms with E-state index in [9.17, 15) is 9.90 Å². The molecule has 1 saturated carbocycles. The Bertz CT molecular complexity index is 616. The van der Waals surface area contributed by atoms with Crippen LogP contribution in [0.5, 0.6) is 0 Å². The third-order valence-corrected chi connectivity index (χ3v) is 4.18. The number of carbonyl (C=O) groups is 1. The first-order valence-corrected chi connectivity index (χ1v) is 6.93. The Morgan fingerprint density at radius 3 is 2.65 bits per heavy atom. The van der Waals surface area contributed by atoms with Crippen molar-refractivity contribution < 1.29 is 9.90 Å². The largest absolute Gasteiger partial charge is 0.481 e. The number of nitrogens with zero attached hydrogens (tertiary/aromatic N) is 2. The predicted octanol–water partition coefficient (Wildman–Crippen LogP) is 2.92. The Kier molecular flexibility index (Phi) is 3.08. The number of hydrogen-bond acceptors (Lipinski definition) is 2. The highest BCUT2D eigenvalue weighted by Crippen LogP contribution is 2.47. The van der Waals surface area contributed by atoms with E-state index in [1.807, 2.05) is 49.5 Å². The van der Waals surface area contributed by atoms with Crippen molar-refractivity contribution in [3.63, 3.8) is 0 Å². The number of aromatic nitrogens is 2. The van der Waals surface area contributed by atoms with Crippen molar-refractivity contribution in [1.29, 1.82) is 0 Å². The highest BCUT2D eigenvalue weighted by molar-refractivity contribution is 5.75. The lowest BCUT2D eigenvalue weighted by atomic mass is 9.80. The van der Waals surface area contributed by atoms with Gasteiger partial charge in [-0.05, 0) is 43.9 Å². The molecule has 20 heavy (non-hydrogen) atoms. The first-order valence-electron chi connectivity index (χ1n) is 6.93. The van der Waals surface area contributed by atoms with Crippen LogP contribution >= 0.6 is 0 Å². The van der Waals surface area contributed by atoms with Crippen LogP contribution in [0.2, 0.25) is 0 Å². The monoisotopic (exact) mass is 270 g/mol. The van der Waals surface area contributed by atoms with Gasteiger partial charge in [0.05, 0.1) is 16.8 Å². The molecular weight excluding hydrogens is 252 g/mol. The topological polar surface area (TPSA) is 55.1 Å². The van der Waals surface area contributed by atoms with Gasteiger partial charge in [0, 0.05) is 12.6 Å². The maximum atomic E-state index is 11.5. The highest BCUT2D eigenvalue weighted by atomic mass is 16.4. The zero-order valence-corrected chi connectivity index (χ0v) is 11.5. The van der Waals surface area contributed by atoms with Crippen LogP contribution in [0.1, 0.15) is 25.5 Å². The lowest BCUT2D eigenvalue weighted by molar-refractivity contribution is -0.149. The van der Waals surface area contributed by atoms with Gasteiger partial charge >= 0.3 is 5.97 Å². The number of carboxylic acids is 1. The molecule has 1 aliphatic carbocycles. The minimum absolute atomic E-state index is 0.293. The molecule has 4 heteroatoms. The standard InChI is InChI=1S/C16H18N2O2/c1-16(15(19)20,12-7-8-12)11-13-9-10-18(17-13)14-5-3-2-4-6-14/h2-6,9-10,12H,7-8,11H2,1H3,(H,19,20). The van der Waals surface area contributed by atoms with Crippen molar-refractivity contribution in [2.24, 2.45) is 11.3 Å². The summed E-state index contributed by atoms with van der Waals surface area (Å²) in [4.78, 5) is 11.5. The third kappa shape index (κ3) is 2.33.